The molecule has 36 valence electrons. The third kappa shape index (κ3) is 3.96. The van der Waals surface area contributed by atoms with E-state index in [0.29, 0.717) is 6.54 Å². The fourth-order valence-electron chi connectivity index (χ4n) is 0.263. The van der Waals surface area contributed by atoms with Gasteiger partial charge in [0.1, 0.15) is 0 Å². The molecular formula is C5H11N. The van der Waals surface area contributed by atoms with E-state index in [2.05, 4.69) is 0 Å². The van der Waals surface area contributed by atoms with Crippen LogP contribution in [-0.2, 0) is 0 Å². The normalized spacial score (nSPS) is 10.0. The van der Waals surface area contributed by atoms with Crippen molar-refractivity contribution in [3.8, 4) is 0 Å². The van der Waals surface area contributed by atoms with Gasteiger partial charge in [-0.25, -0.2) is 0 Å². The molecule has 0 saturated carbocycles. The highest BCUT2D eigenvalue weighted by Crippen LogP contribution is 1.93. The lowest BCUT2D eigenvalue weighted by Gasteiger charge is -1.95. The van der Waals surface area contributed by atoms with E-state index in [9.17, 15) is 0 Å². The first-order chi connectivity index (χ1) is 2.77. The molecule has 2 radical (unpaired) electrons. The van der Waals surface area contributed by atoms with Crippen LogP contribution in [0.3, 0.4) is 0 Å². The highest BCUT2D eigenvalue weighted by Gasteiger charge is 1.86. The fourth-order valence-corrected chi connectivity index (χ4v) is 0.263. The van der Waals surface area contributed by atoms with Crippen LogP contribution in [0.15, 0.2) is 0 Å². The summed E-state index contributed by atoms with van der Waals surface area (Å²) in [5, 5.41) is 0. The molecular weight excluding hydrogens is 74.1 g/mol. The van der Waals surface area contributed by atoms with Crippen LogP contribution < -0.4 is 5.73 Å². The minimum absolute atomic E-state index is 0.273. The lowest BCUT2D eigenvalue weighted by atomic mass is 10.1. The van der Waals surface area contributed by atoms with E-state index in [0.717, 1.165) is 6.42 Å². The van der Waals surface area contributed by atoms with Crippen molar-refractivity contribution < 1.29 is 0 Å². The standard InChI is InChI=1S/C5H11N/c1-5(2)3-4-6/h1,5H,3-4,6H2,2H3. The first kappa shape index (κ1) is 5.96. The van der Waals surface area contributed by atoms with E-state index < -0.39 is 0 Å². The second-order valence-electron chi connectivity index (χ2n) is 1.55. The highest BCUT2D eigenvalue weighted by molar-refractivity contribution is 4.52. The molecule has 0 rings (SSSR count). The van der Waals surface area contributed by atoms with Crippen LogP contribution in [0.2, 0.25) is 0 Å². The molecule has 0 bridgehead atoms. The van der Waals surface area contributed by atoms with Gasteiger partial charge >= 0.3 is 0 Å². The van der Waals surface area contributed by atoms with Crippen LogP contribution in [-0.4, -0.2) is 6.54 Å². The molecule has 0 aliphatic carbocycles. The van der Waals surface area contributed by atoms with Gasteiger partial charge in [0.05, 0.1) is 0 Å². The van der Waals surface area contributed by atoms with E-state index in [1.165, 1.54) is 0 Å². The van der Waals surface area contributed by atoms with Crippen LogP contribution in [0.5, 0.6) is 0 Å². The zero-order chi connectivity index (χ0) is 4.99. The van der Waals surface area contributed by atoms with Gasteiger partial charge in [-0.2, -0.15) is 0 Å². The molecule has 1 atom stereocenters. The smallest absolute Gasteiger partial charge is 0.00746 e. The second-order valence-corrected chi connectivity index (χ2v) is 1.55. The summed E-state index contributed by atoms with van der Waals surface area (Å²) < 4.78 is 0. The van der Waals surface area contributed by atoms with Gasteiger partial charge in [-0.05, 0) is 25.8 Å². The summed E-state index contributed by atoms with van der Waals surface area (Å²) in [5.41, 5.74) is 5.15. The molecule has 1 nitrogen and oxygen atoms in total. The Morgan fingerprint density at radius 1 is 1.83 bits per heavy atom. The predicted molar refractivity (Wildman–Crippen MR) is 27.1 cm³/mol. The zero-order valence-corrected chi connectivity index (χ0v) is 4.15. The summed E-state index contributed by atoms with van der Waals surface area (Å²) in [4.78, 5) is 0. The first-order valence-electron chi connectivity index (χ1n) is 2.23. The van der Waals surface area contributed by atoms with Crippen LogP contribution in [0.4, 0.5) is 0 Å². The minimum atomic E-state index is 0.273. The molecule has 6 heavy (non-hydrogen) atoms. The third-order valence-electron chi connectivity index (χ3n) is 0.622. The zero-order valence-electron chi connectivity index (χ0n) is 4.15. The lowest BCUT2D eigenvalue weighted by molar-refractivity contribution is 0.655. The molecule has 1 unspecified atom stereocenters. The van der Waals surface area contributed by atoms with Crippen molar-refractivity contribution in [2.45, 2.75) is 13.3 Å². The second kappa shape index (κ2) is 3.16. The van der Waals surface area contributed by atoms with E-state index in [4.69, 9.17) is 12.7 Å². The lowest BCUT2D eigenvalue weighted by Crippen LogP contribution is -2.02. The van der Waals surface area contributed by atoms with E-state index in [1.807, 2.05) is 6.92 Å². The van der Waals surface area contributed by atoms with Crippen molar-refractivity contribution in [3.05, 3.63) is 6.92 Å². The van der Waals surface area contributed by atoms with Gasteiger partial charge in [0.2, 0.25) is 0 Å². The highest BCUT2D eigenvalue weighted by atomic mass is 14.5. The molecule has 2 N–H and O–H groups in total. The van der Waals surface area contributed by atoms with E-state index in [-0.39, 0.29) is 5.92 Å². The molecule has 0 aromatic carbocycles. The van der Waals surface area contributed by atoms with Crippen LogP contribution in [0.1, 0.15) is 13.3 Å². The molecule has 0 heterocycles. The average molecular weight is 85.2 g/mol. The summed E-state index contributed by atoms with van der Waals surface area (Å²) in [5.74, 6) is 0.273. The third-order valence-corrected chi connectivity index (χ3v) is 0.622. The van der Waals surface area contributed by atoms with E-state index in [1.54, 1.807) is 0 Å². The van der Waals surface area contributed by atoms with Gasteiger partial charge in [0.15, 0.2) is 0 Å². The molecule has 0 aliphatic rings. The van der Waals surface area contributed by atoms with Crippen molar-refractivity contribution in [2.75, 3.05) is 6.54 Å². The van der Waals surface area contributed by atoms with Gasteiger partial charge in [-0.1, -0.05) is 6.92 Å². The Kier molecular flexibility index (Phi) is 3.14. The Bertz CT molecular complexity index is 25.1. The van der Waals surface area contributed by atoms with Gasteiger partial charge in [0.25, 0.3) is 0 Å². The molecule has 0 saturated heterocycles. The Morgan fingerprint density at radius 3 is 2.33 bits per heavy atom. The Hall–Kier alpha value is -0.0400. The SMILES string of the molecule is [CH]C(C)CCN. The monoisotopic (exact) mass is 85.1 g/mol. The Labute approximate surface area is 39.5 Å². The van der Waals surface area contributed by atoms with Crippen LogP contribution in [0.25, 0.3) is 0 Å². The van der Waals surface area contributed by atoms with Crippen molar-refractivity contribution in [2.24, 2.45) is 11.7 Å². The van der Waals surface area contributed by atoms with Crippen molar-refractivity contribution in [3.63, 3.8) is 0 Å². The maximum absolute atomic E-state index is 5.32. The summed E-state index contributed by atoms with van der Waals surface area (Å²) in [6.45, 7) is 7.98. The fraction of sp³-hybridized carbons (Fsp3) is 0.800. The molecule has 0 aromatic heterocycles. The van der Waals surface area contributed by atoms with Crippen molar-refractivity contribution in [1.82, 2.24) is 0 Å². The van der Waals surface area contributed by atoms with Crippen LogP contribution in [0, 0.1) is 12.8 Å². The Balaban J connectivity index is 2.63. The van der Waals surface area contributed by atoms with Gasteiger partial charge in [-0.3, -0.25) is 0 Å². The van der Waals surface area contributed by atoms with Crippen LogP contribution >= 0.6 is 0 Å². The topological polar surface area (TPSA) is 26.0 Å². The molecule has 0 aliphatic heterocycles. The maximum atomic E-state index is 5.32. The summed E-state index contributed by atoms with van der Waals surface area (Å²) in [6, 6.07) is 0. The van der Waals surface area contributed by atoms with Gasteiger partial charge < -0.3 is 5.73 Å². The largest absolute Gasteiger partial charge is 0.330 e. The maximum Gasteiger partial charge on any atom is -0.00746 e. The first-order valence-corrected chi connectivity index (χ1v) is 2.23. The average Bonchev–Trinajstić information content (AvgIpc) is 1.35. The quantitative estimate of drug-likeness (QED) is 0.524. The number of hydrogen-bond donors (Lipinski definition) is 1. The minimum Gasteiger partial charge on any atom is -0.330 e. The van der Waals surface area contributed by atoms with Gasteiger partial charge in [-0.15, -0.1) is 0 Å². The summed E-state index contributed by atoms with van der Waals surface area (Å²) in [7, 11) is 0. The molecule has 0 amide bonds. The van der Waals surface area contributed by atoms with Crippen molar-refractivity contribution >= 4 is 0 Å². The predicted octanol–water partition coefficient (Wildman–Crippen LogP) is 0.682. The molecule has 0 spiro atoms. The molecule has 1 heteroatoms. The summed E-state index contributed by atoms with van der Waals surface area (Å²) >= 11 is 0. The van der Waals surface area contributed by atoms with Crippen molar-refractivity contribution in [1.29, 1.82) is 0 Å². The van der Waals surface area contributed by atoms with E-state index >= 15 is 0 Å². The number of rotatable bonds is 2. The van der Waals surface area contributed by atoms with Gasteiger partial charge in [0, 0.05) is 0 Å². The molecule has 0 fully saturated rings. The number of nitrogens with two attached hydrogens (primary N) is 1. The number of hydrogen-bond acceptors (Lipinski definition) is 1. The summed E-state index contributed by atoms with van der Waals surface area (Å²) in [6.07, 6.45) is 0.931. The Morgan fingerprint density at radius 2 is 2.33 bits per heavy atom. The molecule has 0 aromatic rings.